The van der Waals surface area contributed by atoms with Gasteiger partial charge in [-0.3, -0.25) is 4.98 Å². The van der Waals surface area contributed by atoms with Crippen molar-refractivity contribution in [2.45, 2.75) is 32.2 Å². The maximum Gasteiger partial charge on any atom is 0.141 e. The number of methoxy groups -OCH3 is 1. The molecule has 2 rings (SSSR count). The Bertz CT molecular complexity index is 367. The van der Waals surface area contributed by atoms with Crippen LogP contribution < -0.4 is 10.1 Å². The lowest BCUT2D eigenvalue weighted by atomic mass is 9.93. The van der Waals surface area contributed by atoms with Crippen LogP contribution in [0.3, 0.4) is 0 Å². The molecule has 1 aromatic rings. The normalized spacial score (nSPS) is 25.8. The lowest BCUT2D eigenvalue weighted by molar-refractivity contribution is 0.345. The minimum atomic E-state index is 0.316. The smallest absolute Gasteiger partial charge is 0.141 e. The summed E-state index contributed by atoms with van der Waals surface area (Å²) in [4.78, 5) is 4.50. The van der Waals surface area contributed by atoms with Crippen molar-refractivity contribution in [3.8, 4) is 5.75 Å². The van der Waals surface area contributed by atoms with Gasteiger partial charge in [0.15, 0.2) is 0 Å². The van der Waals surface area contributed by atoms with E-state index in [-0.39, 0.29) is 0 Å². The van der Waals surface area contributed by atoms with Crippen LogP contribution in [0.15, 0.2) is 18.3 Å². The molecule has 0 aliphatic heterocycles. The van der Waals surface area contributed by atoms with Crippen molar-refractivity contribution in [1.29, 1.82) is 0 Å². The molecule has 0 aromatic carbocycles. The molecule has 1 saturated carbocycles. The number of nitrogens with one attached hydrogen (secondary N) is 1. The highest BCUT2D eigenvalue weighted by Crippen LogP contribution is 2.40. The third kappa shape index (κ3) is 2.60. The molecule has 3 heteroatoms. The van der Waals surface area contributed by atoms with E-state index in [9.17, 15) is 0 Å². The summed E-state index contributed by atoms with van der Waals surface area (Å²) in [5, 5.41) is 3.41. The van der Waals surface area contributed by atoms with E-state index in [1.165, 1.54) is 19.3 Å². The largest absolute Gasteiger partial charge is 0.495 e. The predicted octanol–water partition coefficient (Wildman–Crippen LogP) is 2.79. The molecule has 1 fully saturated rings. The average Bonchev–Trinajstić information content (AvgIpc) is 2.77. The highest BCUT2D eigenvalue weighted by Gasteiger charge is 2.31. The highest BCUT2D eigenvalue weighted by molar-refractivity contribution is 5.30. The molecule has 0 radical (unpaired) electrons. The Labute approximate surface area is 104 Å². The van der Waals surface area contributed by atoms with Crippen LogP contribution in [0.5, 0.6) is 5.75 Å². The number of nitrogens with zero attached hydrogens (tertiary/aromatic N) is 1. The van der Waals surface area contributed by atoms with Crippen molar-refractivity contribution in [3.05, 3.63) is 24.0 Å². The van der Waals surface area contributed by atoms with E-state index in [0.717, 1.165) is 17.4 Å². The van der Waals surface area contributed by atoms with Gasteiger partial charge in [-0.1, -0.05) is 13.3 Å². The third-order valence-electron chi connectivity index (χ3n) is 3.83. The summed E-state index contributed by atoms with van der Waals surface area (Å²) in [7, 11) is 3.73. The second kappa shape index (κ2) is 5.50. The molecular weight excluding hydrogens is 212 g/mol. The lowest BCUT2D eigenvalue weighted by Gasteiger charge is -2.24. The summed E-state index contributed by atoms with van der Waals surface area (Å²) in [6, 6.07) is 4.23. The van der Waals surface area contributed by atoms with Crippen molar-refractivity contribution in [1.82, 2.24) is 10.3 Å². The SMILES string of the molecule is CNC(c1ncccc1OC)C1CCC(C)C1. The Morgan fingerprint density at radius 3 is 2.88 bits per heavy atom. The third-order valence-corrected chi connectivity index (χ3v) is 3.83. The van der Waals surface area contributed by atoms with Gasteiger partial charge in [-0.15, -0.1) is 0 Å². The van der Waals surface area contributed by atoms with Crippen molar-refractivity contribution in [3.63, 3.8) is 0 Å². The van der Waals surface area contributed by atoms with Crippen LogP contribution in [0.1, 0.15) is 37.9 Å². The standard InChI is InChI=1S/C14H22N2O/c1-10-6-7-11(9-10)13(15-2)14-12(17-3)5-4-8-16-14/h4-5,8,10-11,13,15H,6-7,9H2,1-3H3. The van der Waals surface area contributed by atoms with Crippen LogP contribution >= 0.6 is 0 Å². The van der Waals surface area contributed by atoms with E-state index in [1.54, 1.807) is 7.11 Å². The monoisotopic (exact) mass is 234 g/mol. The molecule has 0 bridgehead atoms. The molecular formula is C14H22N2O. The fourth-order valence-corrected chi connectivity index (χ4v) is 2.96. The Morgan fingerprint density at radius 1 is 1.47 bits per heavy atom. The molecule has 0 amide bonds. The van der Waals surface area contributed by atoms with E-state index in [4.69, 9.17) is 4.74 Å². The Hall–Kier alpha value is -1.09. The number of ether oxygens (including phenoxy) is 1. The first-order valence-electron chi connectivity index (χ1n) is 6.42. The summed E-state index contributed by atoms with van der Waals surface area (Å²) in [6.45, 7) is 2.34. The van der Waals surface area contributed by atoms with Gasteiger partial charge in [0.1, 0.15) is 5.75 Å². The second-order valence-corrected chi connectivity index (χ2v) is 5.04. The number of hydrogen-bond donors (Lipinski definition) is 1. The summed E-state index contributed by atoms with van der Waals surface area (Å²) < 4.78 is 5.41. The zero-order valence-electron chi connectivity index (χ0n) is 10.9. The van der Waals surface area contributed by atoms with Gasteiger partial charge in [0.05, 0.1) is 18.8 Å². The molecule has 3 unspecified atom stereocenters. The van der Waals surface area contributed by atoms with Crippen LogP contribution in [-0.2, 0) is 0 Å². The van der Waals surface area contributed by atoms with Gasteiger partial charge in [-0.25, -0.2) is 0 Å². The van der Waals surface area contributed by atoms with Crippen LogP contribution in [0, 0.1) is 11.8 Å². The summed E-state index contributed by atoms with van der Waals surface area (Å²) in [5.41, 5.74) is 1.05. The molecule has 1 N–H and O–H groups in total. The molecule has 1 heterocycles. The Balaban J connectivity index is 2.22. The minimum Gasteiger partial charge on any atom is -0.495 e. The van der Waals surface area contributed by atoms with Gasteiger partial charge >= 0.3 is 0 Å². The lowest BCUT2D eigenvalue weighted by Crippen LogP contribution is -2.25. The van der Waals surface area contributed by atoms with E-state index < -0.39 is 0 Å². The topological polar surface area (TPSA) is 34.2 Å². The molecule has 1 aliphatic rings. The van der Waals surface area contributed by atoms with Gasteiger partial charge < -0.3 is 10.1 Å². The van der Waals surface area contributed by atoms with Gasteiger partial charge in [0.25, 0.3) is 0 Å². The first-order valence-corrected chi connectivity index (χ1v) is 6.42. The van der Waals surface area contributed by atoms with E-state index in [0.29, 0.717) is 12.0 Å². The zero-order chi connectivity index (χ0) is 12.3. The zero-order valence-corrected chi connectivity index (χ0v) is 10.9. The minimum absolute atomic E-state index is 0.316. The molecule has 3 atom stereocenters. The highest BCUT2D eigenvalue weighted by atomic mass is 16.5. The van der Waals surface area contributed by atoms with Gasteiger partial charge in [-0.05, 0) is 43.9 Å². The predicted molar refractivity (Wildman–Crippen MR) is 69.1 cm³/mol. The number of aromatic nitrogens is 1. The van der Waals surface area contributed by atoms with E-state index >= 15 is 0 Å². The summed E-state index contributed by atoms with van der Waals surface area (Å²) in [6.07, 6.45) is 5.75. The maximum atomic E-state index is 5.41. The van der Waals surface area contributed by atoms with Crippen LogP contribution in [-0.4, -0.2) is 19.1 Å². The molecule has 1 aliphatic carbocycles. The first kappa shape index (κ1) is 12.4. The Morgan fingerprint density at radius 2 is 2.29 bits per heavy atom. The Kier molecular flexibility index (Phi) is 4.00. The second-order valence-electron chi connectivity index (χ2n) is 5.04. The quantitative estimate of drug-likeness (QED) is 0.870. The van der Waals surface area contributed by atoms with Gasteiger partial charge in [-0.2, -0.15) is 0 Å². The van der Waals surface area contributed by atoms with Crippen molar-refractivity contribution >= 4 is 0 Å². The molecule has 94 valence electrons. The number of hydrogen-bond acceptors (Lipinski definition) is 3. The fourth-order valence-electron chi connectivity index (χ4n) is 2.96. The molecule has 17 heavy (non-hydrogen) atoms. The first-order chi connectivity index (χ1) is 8.26. The van der Waals surface area contributed by atoms with Crippen LogP contribution in [0.25, 0.3) is 0 Å². The fraction of sp³-hybridized carbons (Fsp3) is 0.643. The molecule has 1 aromatic heterocycles. The summed E-state index contributed by atoms with van der Waals surface area (Å²) >= 11 is 0. The van der Waals surface area contributed by atoms with Crippen molar-refractivity contribution in [2.24, 2.45) is 11.8 Å². The van der Waals surface area contributed by atoms with Crippen LogP contribution in [0.2, 0.25) is 0 Å². The average molecular weight is 234 g/mol. The van der Waals surface area contributed by atoms with Gasteiger partial charge in [0, 0.05) is 6.20 Å². The van der Waals surface area contributed by atoms with Crippen molar-refractivity contribution < 1.29 is 4.74 Å². The van der Waals surface area contributed by atoms with E-state index in [1.807, 2.05) is 25.4 Å². The molecule has 0 spiro atoms. The summed E-state index contributed by atoms with van der Waals surface area (Å²) in [5.74, 6) is 2.41. The molecule has 3 nitrogen and oxygen atoms in total. The van der Waals surface area contributed by atoms with Crippen molar-refractivity contribution in [2.75, 3.05) is 14.2 Å². The number of pyridine rings is 1. The van der Waals surface area contributed by atoms with Gasteiger partial charge in [0.2, 0.25) is 0 Å². The van der Waals surface area contributed by atoms with E-state index in [2.05, 4.69) is 17.2 Å². The maximum absolute atomic E-state index is 5.41. The number of rotatable bonds is 4. The molecule has 0 saturated heterocycles. The van der Waals surface area contributed by atoms with Crippen LogP contribution in [0.4, 0.5) is 0 Å².